The van der Waals surface area contributed by atoms with E-state index < -0.39 is 0 Å². The van der Waals surface area contributed by atoms with E-state index in [1.165, 1.54) is 12.3 Å². The summed E-state index contributed by atoms with van der Waals surface area (Å²) in [5.41, 5.74) is 6.03. The minimum absolute atomic E-state index is 0.103. The molecule has 1 aromatic heterocycles. The average molecular weight is 298 g/mol. The Labute approximate surface area is 124 Å². The van der Waals surface area contributed by atoms with E-state index in [2.05, 4.69) is 11.9 Å². The molecule has 110 valence electrons. The number of aromatic nitrogens is 1. The second kappa shape index (κ2) is 6.90. The van der Waals surface area contributed by atoms with Crippen LogP contribution >= 0.6 is 11.6 Å². The molecule has 0 bridgehead atoms. The molecule has 1 saturated heterocycles. The molecular weight excluding hydrogens is 278 g/mol. The Morgan fingerprint density at radius 1 is 1.65 bits per heavy atom. The standard InChI is InChI=1S/C14H20ClN3O2/c1-2-6-20-10-4-3-5-18(9-10)14(19)11-7-13(16)17-8-12(11)15/h7-8,10H,2-6,9H2,1H3,(H2,16,17). The van der Waals surface area contributed by atoms with Crippen LogP contribution < -0.4 is 5.73 Å². The molecule has 1 aliphatic heterocycles. The molecule has 1 atom stereocenters. The van der Waals surface area contributed by atoms with Gasteiger partial charge in [-0.3, -0.25) is 4.79 Å². The number of nitrogen functional groups attached to an aromatic ring is 1. The number of anilines is 1. The molecule has 0 aromatic carbocycles. The largest absolute Gasteiger partial charge is 0.384 e. The zero-order chi connectivity index (χ0) is 14.5. The number of ether oxygens (including phenoxy) is 1. The number of piperidine rings is 1. The number of carbonyl (C=O) groups excluding carboxylic acids is 1. The third-order valence-electron chi connectivity index (χ3n) is 3.33. The van der Waals surface area contributed by atoms with Crippen molar-refractivity contribution in [1.82, 2.24) is 9.88 Å². The van der Waals surface area contributed by atoms with Crippen molar-refractivity contribution in [3.05, 3.63) is 22.8 Å². The number of pyridine rings is 1. The molecule has 1 unspecified atom stereocenters. The van der Waals surface area contributed by atoms with Gasteiger partial charge in [0.2, 0.25) is 0 Å². The van der Waals surface area contributed by atoms with Crippen LogP contribution in [0.3, 0.4) is 0 Å². The van der Waals surface area contributed by atoms with Crippen molar-refractivity contribution in [2.45, 2.75) is 32.3 Å². The Morgan fingerprint density at radius 3 is 3.20 bits per heavy atom. The van der Waals surface area contributed by atoms with Crippen LogP contribution in [0.25, 0.3) is 0 Å². The van der Waals surface area contributed by atoms with Crippen molar-refractivity contribution >= 4 is 23.3 Å². The molecule has 5 nitrogen and oxygen atoms in total. The summed E-state index contributed by atoms with van der Waals surface area (Å²) in [4.78, 5) is 18.1. The second-order valence-electron chi connectivity index (χ2n) is 4.98. The van der Waals surface area contributed by atoms with Crippen LogP contribution in [0.15, 0.2) is 12.3 Å². The number of nitrogens with two attached hydrogens (primary N) is 1. The maximum absolute atomic E-state index is 12.5. The maximum atomic E-state index is 12.5. The minimum atomic E-state index is -0.103. The molecule has 20 heavy (non-hydrogen) atoms. The fourth-order valence-electron chi connectivity index (χ4n) is 2.33. The molecule has 2 N–H and O–H groups in total. The third-order valence-corrected chi connectivity index (χ3v) is 3.63. The molecule has 6 heteroatoms. The van der Waals surface area contributed by atoms with Gasteiger partial charge in [-0.15, -0.1) is 0 Å². The number of nitrogens with zero attached hydrogens (tertiary/aromatic N) is 2. The van der Waals surface area contributed by atoms with Gasteiger partial charge < -0.3 is 15.4 Å². The van der Waals surface area contributed by atoms with Crippen LogP contribution in [0.1, 0.15) is 36.5 Å². The highest BCUT2D eigenvalue weighted by molar-refractivity contribution is 6.33. The molecular formula is C14H20ClN3O2. The van der Waals surface area contributed by atoms with Crippen molar-refractivity contribution in [1.29, 1.82) is 0 Å². The lowest BCUT2D eigenvalue weighted by atomic mass is 10.1. The first kappa shape index (κ1) is 15.1. The van der Waals surface area contributed by atoms with Gasteiger partial charge in [-0.25, -0.2) is 4.98 Å². The van der Waals surface area contributed by atoms with Crippen LogP contribution in [0.5, 0.6) is 0 Å². The molecule has 0 aliphatic carbocycles. The van der Waals surface area contributed by atoms with Crippen molar-refractivity contribution < 1.29 is 9.53 Å². The van der Waals surface area contributed by atoms with Crippen LogP contribution in [-0.2, 0) is 4.74 Å². The van der Waals surface area contributed by atoms with E-state index in [9.17, 15) is 4.79 Å². The second-order valence-corrected chi connectivity index (χ2v) is 5.38. The number of likely N-dealkylation sites (tertiary alicyclic amines) is 1. The number of halogens is 1. The van der Waals surface area contributed by atoms with Crippen LogP contribution in [0.2, 0.25) is 5.02 Å². The molecule has 0 saturated carbocycles. The van der Waals surface area contributed by atoms with Crippen LogP contribution in [0.4, 0.5) is 5.82 Å². The van der Waals surface area contributed by atoms with E-state index in [1.807, 2.05) is 0 Å². The number of carbonyl (C=O) groups is 1. The van der Waals surface area contributed by atoms with E-state index in [0.717, 1.165) is 32.4 Å². The SMILES string of the molecule is CCCOC1CCCN(C(=O)c2cc(N)ncc2Cl)C1. The highest BCUT2D eigenvalue weighted by Crippen LogP contribution is 2.21. The summed E-state index contributed by atoms with van der Waals surface area (Å²) in [5, 5.41) is 0.334. The first-order valence-corrected chi connectivity index (χ1v) is 7.31. The van der Waals surface area contributed by atoms with Gasteiger partial charge in [-0.2, -0.15) is 0 Å². The zero-order valence-electron chi connectivity index (χ0n) is 11.6. The predicted octanol–water partition coefficient (Wildman–Crippen LogP) is 2.35. The molecule has 1 aromatic rings. The van der Waals surface area contributed by atoms with Crippen molar-refractivity contribution in [3.63, 3.8) is 0 Å². The fraction of sp³-hybridized carbons (Fsp3) is 0.571. The Bertz CT molecular complexity index is 481. The number of rotatable bonds is 4. The van der Waals surface area contributed by atoms with E-state index in [1.54, 1.807) is 4.90 Å². The number of hydrogen-bond acceptors (Lipinski definition) is 4. The van der Waals surface area contributed by atoms with Crippen molar-refractivity contribution in [3.8, 4) is 0 Å². The van der Waals surface area contributed by atoms with E-state index in [4.69, 9.17) is 22.1 Å². The van der Waals surface area contributed by atoms with Gasteiger partial charge in [0.25, 0.3) is 5.91 Å². The molecule has 1 aliphatic rings. The lowest BCUT2D eigenvalue weighted by Gasteiger charge is -2.32. The highest BCUT2D eigenvalue weighted by Gasteiger charge is 2.26. The summed E-state index contributed by atoms with van der Waals surface area (Å²) < 4.78 is 5.74. The number of hydrogen-bond donors (Lipinski definition) is 1. The van der Waals surface area contributed by atoms with Gasteiger partial charge in [0.1, 0.15) is 5.82 Å². The third kappa shape index (κ3) is 3.61. The molecule has 0 spiro atoms. The summed E-state index contributed by atoms with van der Waals surface area (Å²) in [7, 11) is 0. The van der Waals surface area contributed by atoms with Crippen molar-refractivity contribution in [2.75, 3.05) is 25.4 Å². The first-order valence-electron chi connectivity index (χ1n) is 6.93. The van der Waals surface area contributed by atoms with E-state index in [0.29, 0.717) is 22.9 Å². The number of amides is 1. The minimum Gasteiger partial charge on any atom is -0.384 e. The predicted molar refractivity (Wildman–Crippen MR) is 78.8 cm³/mol. The van der Waals surface area contributed by atoms with Crippen LogP contribution in [-0.4, -0.2) is 41.6 Å². The zero-order valence-corrected chi connectivity index (χ0v) is 12.4. The normalized spacial score (nSPS) is 19.1. The molecule has 2 rings (SSSR count). The van der Waals surface area contributed by atoms with Gasteiger partial charge in [0, 0.05) is 25.9 Å². The van der Waals surface area contributed by atoms with Crippen LogP contribution in [0, 0.1) is 0 Å². The molecule has 2 heterocycles. The van der Waals surface area contributed by atoms with Gasteiger partial charge in [0.15, 0.2) is 0 Å². The lowest BCUT2D eigenvalue weighted by molar-refractivity contribution is 0.00211. The smallest absolute Gasteiger partial charge is 0.255 e. The van der Waals surface area contributed by atoms with Gasteiger partial charge in [-0.05, 0) is 25.3 Å². The van der Waals surface area contributed by atoms with E-state index in [-0.39, 0.29) is 12.0 Å². The fourth-order valence-corrected chi connectivity index (χ4v) is 2.52. The summed E-state index contributed by atoms with van der Waals surface area (Å²) in [6.45, 7) is 4.14. The Morgan fingerprint density at radius 2 is 2.45 bits per heavy atom. The van der Waals surface area contributed by atoms with Gasteiger partial charge >= 0.3 is 0 Å². The highest BCUT2D eigenvalue weighted by atomic mass is 35.5. The Kier molecular flexibility index (Phi) is 5.20. The molecule has 1 amide bonds. The van der Waals surface area contributed by atoms with E-state index >= 15 is 0 Å². The quantitative estimate of drug-likeness (QED) is 0.926. The molecule has 0 radical (unpaired) electrons. The summed E-state index contributed by atoms with van der Waals surface area (Å²) in [6, 6.07) is 1.53. The summed E-state index contributed by atoms with van der Waals surface area (Å²) >= 11 is 6.03. The van der Waals surface area contributed by atoms with Crippen molar-refractivity contribution in [2.24, 2.45) is 0 Å². The summed E-state index contributed by atoms with van der Waals surface area (Å²) in [5.74, 6) is 0.197. The lowest BCUT2D eigenvalue weighted by Crippen LogP contribution is -2.43. The van der Waals surface area contributed by atoms with Gasteiger partial charge in [-0.1, -0.05) is 18.5 Å². The topological polar surface area (TPSA) is 68.5 Å². The maximum Gasteiger partial charge on any atom is 0.255 e. The first-order chi connectivity index (χ1) is 9.61. The average Bonchev–Trinajstić information content (AvgIpc) is 2.47. The summed E-state index contributed by atoms with van der Waals surface area (Å²) in [6.07, 6.45) is 4.45. The Balaban J connectivity index is 2.06. The molecule has 1 fully saturated rings. The Hall–Kier alpha value is -1.33. The van der Waals surface area contributed by atoms with Gasteiger partial charge in [0.05, 0.1) is 16.7 Å². The monoisotopic (exact) mass is 297 g/mol.